The summed E-state index contributed by atoms with van der Waals surface area (Å²) in [4.78, 5) is 30.7. The average Bonchev–Trinajstić information content (AvgIpc) is 3.46. The van der Waals surface area contributed by atoms with E-state index in [1.807, 2.05) is 18.3 Å². The molecule has 10 nitrogen and oxygen atoms in total. The summed E-state index contributed by atoms with van der Waals surface area (Å²) in [7, 11) is 0. The van der Waals surface area contributed by atoms with Gasteiger partial charge in [0.2, 0.25) is 5.95 Å². The third-order valence-corrected chi connectivity index (χ3v) is 5.71. The van der Waals surface area contributed by atoms with Crippen molar-refractivity contribution < 1.29 is 14.9 Å². The van der Waals surface area contributed by atoms with Crippen molar-refractivity contribution in [2.24, 2.45) is 0 Å². The maximum Gasteiger partial charge on any atom is 0.280 e. The molecule has 0 aromatic carbocycles. The van der Waals surface area contributed by atoms with E-state index in [1.54, 1.807) is 10.8 Å². The van der Waals surface area contributed by atoms with E-state index in [2.05, 4.69) is 19.9 Å². The highest BCUT2D eigenvalue weighted by molar-refractivity contribution is 5.71. The van der Waals surface area contributed by atoms with Gasteiger partial charge < -0.3 is 19.8 Å². The minimum atomic E-state index is -0.780. The number of hydrogen-bond donors (Lipinski definition) is 3. The lowest BCUT2D eigenvalue weighted by atomic mass is 10.1. The van der Waals surface area contributed by atoms with Gasteiger partial charge in [-0.15, -0.1) is 0 Å². The number of fused-ring (bicyclic) bond motifs is 1. The summed E-state index contributed by atoms with van der Waals surface area (Å²) in [5.74, 6) is 0.479. The Morgan fingerprint density at radius 3 is 3.03 bits per heavy atom. The molecule has 0 spiro atoms. The molecule has 0 radical (unpaired) electrons. The van der Waals surface area contributed by atoms with Gasteiger partial charge in [0, 0.05) is 25.4 Å². The summed E-state index contributed by atoms with van der Waals surface area (Å²) in [6, 6.07) is 4.02. The van der Waals surface area contributed by atoms with Gasteiger partial charge in [-0.25, -0.2) is 4.98 Å². The van der Waals surface area contributed by atoms with Crippen molar-refractivity contribution in [3.05, 3.63) is 46.8 Å². The minimum Gasteiger partial charge on any atom is -0.394 e. The fraction of sp³-hybridized carbons (Fsp3) is 0.474. The number of aliphatic hydroxyl groups is 2. The molecule has 3 aromatic heterocycles. The molecule has 2 aliphatic heterocycles. The highest BCUT2D eigenvalue weighted by atomic mass is 16.5. The van der Waals surface area contributed by atoms with E-state index in [0.717, 1.165) is 24.9 Å². The maximum absolute atomic E-state index is 12.7. The van der Waals surface area contributed by atoms with Gasteiger partial charge in [-0.05, 0) is 24.5 Å². The average molecular weight is 398 g/mol. The summed E-state index contributed by atoms with van der Waals surface area (Å²) in [5.41, 5.74) is 1.37. The first kappa shape index (κ1) is 18.2. The van der Waals surface area contributed by atoms with Crippen molar-refractivity contribution in [2.75, 3.05) is 18.1 Å². The molecule has 5 rings (SSSR count). The molecular weight excluding hydrogens is 376 g/mol. The first-order valence-corrected chi connectivity index (χ1v) is 9.73. The molecule has 5 heterocycles. The standard InChI is InChI=1S/C19H22N6O4/c26-9-14-13(27)7-15(29-14)25-10-21-16-17(25)22-19(23-18(16)28)24-6-2-4-12(24)11-3-1-5-20-8-11/h1,3,5,8,10,12-15,26-27H,2,4,6-7,9H2,(H,22,23,28). The topological polar surface area (TPSA) is 129 Å². The van der Waals surface area contributed by atoms with Crippen LogP contribution >= 0.6 is 0 Å². The number of aliphatic hydroxyl groups excluding tert-OH is 2. The van der Waals surface area contributed by atoms with E-state index in [-0.39, 0.29) is 23.7 Å². The zero-order chi connectivity index (χ0) is 20.0. The minimum absolute atomic E-state index is 0.0870. The predicted molar refractivity (Wildman–Crippen MR) is 103 cm³/mol. The molecule has 0 saturated carbocycles. The van der Waals surface area contributed by atoms with Gasteiger partial charge in [-0.1, -0.05) is 6.07 Å². The van der Waals surface area contributed by atoms with Crippen LogP contribution in [0.5, 0.6) is 0 Å². The molecular formula is C19H22N6O4. The lowest BCUT2D eigenvalue weighted by Gasteiger charge is -2.25. The number of anilines is 1. The second-order valence-electron chi connectivity index (χ2n) is 7.47. The van der Waals surface area contributed by atoms with E-state index in [9.17, 15) is 15.0 Å². The number of imidazole rings is 1. The predicted octanol–water partition coefficient (Wildman–Crippen LogP) is 0.497. The molecule has 4 atom stereocenters. The van der Waals surface area contributed by atoms with E-state index < -0.39 is 18.4 Å². The fourth-order valence-electron chi connectivity index (χ4n) is 4.25. The summed E-state index contributed by atoms with van der Waals surface area (Å²) in [6.07, 6.45) is 5.32. The van der Waals surface area contributed by atoms with E-state index in [4.69, 9.17) is 9.72 Å². The van der Waals surface area contributed by atoms with Crippen molar-refractivity contribution in [2.45, 2.75) is 43.7 Å². The van der Waals surface area contributed by atoms with Crippen LogP contribution in [0.15, 0.2) is 35.6 Å². The van der Waals surface area contributed by atoms with Crippen LogP contribution in [-0.2, 0) is 4.74 Å². The summed E-state index contributed by atoms with van der Waals surface area (Å²) >= 11 is 0. The third kappa shape index (κ3) is 3.09. The number of ether oxygens (including phenoxy) is 1. The van der Waals surface area contributed by atoms with Crippen LogP contribution in [0.2, 0.25) is 0 Å². The zero-order valence-corrected chi connectivity index (χ0v) is 15.7. The first-order chi connectivity index (χ1) is 14.2. The number of H-pyrrole nitrogens is 1. The van der Waals surface area contributed by atoms with Crippen LogP contribution in [0.3, 0.4) is 0 Å². The quantitative estimate of drug-likeness (QED) is 0.579. The van der Waals surface area contributed by atoms with Crippen molar-refractivity contribution in [1.82, 2.24) is 24.5 Å². The van der Waals surface area contributed by atoms with Crippen LogP contribution in [0, 0.1) is 0 Å². The number of rotatable bonds is 4. The van der Waals surface area contributed by atoms with Gasteiger partial charge in [-0.2, -0.15) is 4.98 Å². The molecule has 3 aromatic rings. The molecule has 4 unspecified atom stereocenters. The van der Waals surface area contributed by atoms with Crippen molar-refractivity contribution >= 4 is 17.1 Å². The highest BCUT2D eigenvalue weighted by Crippen LogP contribution is 2.35. The smallest absolute Gasteiger partial charge is 0.280 e. The molecule has 152 valence electrons. The van der Waals surface area contributed by atoms with Gasteiger partial charge in [-0.3, -0.25) is 19.3 Å². The monoisotopic (exact) mass is 398 g/mol. The SMILES string of the molecule is O=c1[nH]c(N2CCCC2c2cccnc2)nc2c1ncn2C1CC(O)C(CO)O1. The van der Waals surface area contributed by atoms with Crippen LogP contribution in [-0.4, -0.2) is 60.1 Å². The Balaban J connectivity index is 1.53. The normalized spacial score (nSPS) is 27.2. The Kier molecular flexibility index (Phi) is 4.53. The molecule has 0 amide bonds. The number of hydrogen-bond acceptors (Lipinski definition) is 8. The number of aromatic nitrogens is 5. The Hall–Kier alpha value is -2.82. The van der Waals surface area contributed by atoms with Gasteiger partial charge in [0.25, 0.3) is 5.56 Å². The van der Waals surface area contributed by atoms with Crippen LogP contribution < -0.4 is 10.5 Å². The zero-order valence-electron chi connectivity index (χ0n) is 15.7. The van der Waals surface area contributed by atoms with Gasteiger partial charge in [0.15, 0.2) is 11.2 Å². The van der Waals surface area contributed by atoms with Crippen LogP contribution in [0.4, 0.5) is 5.95 Å². The second-order valence-corrected chi connectivity index (χ2v) is 7.47. The van der Waals surface area contributed by atoms with E-state index in [1.165, 1.54) is 6.33 Å². The highest BCUT2D eigenvalue weighted by Gasteiger charge is 2.36. The second kappa shape index (κ2) is 7.21. The first-order valence-electron chi connectivity index (χ1n) is 9.73. The summed E-state index contributed by atoms with van der Waals surface area (Å²) < 4.78 is 7.37. The molecule has 0 bridgehead atoms. The van der Waals surface area contributed by atoms with Crippen molar-refractivity contribution in [3.63, 3.8) is 0 Å². The van der Waals surface area contributed by atoms with Gasteiger partial charge in [0.05, 0.1) is 25.1 Å². The number of aromatic amines is 1. The Morgan fingerprint density at radius 2 is 2.28 bits per heavy atom. The lowest BCUT2D eigenvalue weighted by Crippen LogP contribution is -2.27. The van der Waals surface area contributed by atoms with E-state index in [0.29, 0.717) is 18.0 Å². The number of nitrogens with zero attached hydrogens (tertiary/aromatic N) is 5. The summed E-state index contributed by atoms with van der Waals surface area (Å²) in [6.45, 7) is 0.498. The molecule has 2 saturated heterocycles. The van der Waals surface area contributed by atoms with Crippen molar-refractivity contribution in [3.8, 4) is 0 Å². The van der Waals surface area contributed by atoms with Gasteiger partial charge in [0.1, 0.15) is 12.3 Å². The Labute approximate surface area is 165 Å². The maximum atomic E-state index is 12.7. The Bertz CT molecular complexity index is 1070. The van der Waals surface area contributed by atoms with Crippen LogP contribution in [0.1, 0.15) is 37.1 Å². The van der Waals surface area contributed by atoms with Crippen molar-refractivity contribution in [1.29, 1.82) is 0 Å². The van der Waals surface area contributed by atoms with Crippen LogP contribution in [0.25, 0.3) is 11.2 Å². The molecule has 29 heavy (non-hydrogen) atoms. The molecule has 10 heteroatoms. The summed E-state index contributed by atoms with van der Waals surface area (Å²) in [5, 5.41) is 19.4. The van der Waals surface area contributed by atoms with Gasteiger partial charge >= 0.3 is 0 Å². The third-order valence-electron chi connectivity index (χ3n) is 5.71. The largest absolute Gasteiger partial charge is 0.394 e. The molecule has 2 aliphatic rings. The number of pyridine rings is 1. The molecule has 2 fully saturated rings. The lowest BCUT2D eigenvalue weighted by molar-refractivity contribution is -0.0432. The Morgan fingerprint density at radius 1 is 1.38 bits per heavy atom. The van der Waals surface area contributed by atoms with E-state index >= 15 is 0 Å². The molecule has 3 N–H and O–H groups in total. The molecule has 0 aliphatic carbocycles. The fourth-order valence-corrected chi connectivity index (χ4v) is 4.25. The number of nitrogens with one attached hydrogen (secondary N) is 1.